The summed E-state index contributed by atoms with van der Waals surface area (Å²) in [4.78, 5) is 0. The van der Waals surface area contributed by atoms with E-state index >= 15 is 0 Å². The second-order valence-corrected chi connectivity index (χ2v) is 2.85. The van der Waals surface area contributed by atoms with Crippen LogP contribution in [0.1, 0.15) is 25.7 Å². The summed E-state index contributed by atoms with van der Waals surface area (Å²) in [5, 5.41) is 0. The maximum Gasteiger partial charge on any atom is 0.102 e. The smallest absolute Gasteiger partial charge is 0.102 e. The number of nitrogens with two attached hydrogens (primary N) is 1. The quantitative estimate of drug-likeness (QED) is 0.614. The second kappa shape index (κ2) is 3.16. The molecule has 0 bridgehead atoms. The van der Waals surface area contributed by atoms with Crippen molar-refractivity contribution in [3.05, 3.63) is 0 Å². The molecule has 1 nitrogen and oxygen atoms in total. The van der Waals surface area contributed by atoms with Gasteiger partial charge in [-0.05, 0) is 25.3 Å². The molecule has 0 aliphatic heterocycles. The molecule has 2 heteroatoms. The molecule has 0 aromatic carbocycles. The summed E-state index contributed by atoms with van der Waals surface area (Å²) in [6, 6.07) is 0. The van der Waals surface area contributed by atoms with Crippen molar-refractivity contribution in [2.75, 3.05) is 6.54 Å². The van der Waals surface area contributed by atoms with Crippen LogP contribution in [0.15, 0.2) is 0 Å². The van der Waals surface area contributed by atoms with Crippen LogP contribution in [-0.2, 0) is 0 Å². The number of hydrogen-bond donors (Lipinski definition) is 1. The molecule has 9 heavy (non-hydrogen) atoms. The predicted octanol–water partition coefficient (Wildman–Crippen LogP) is 1.47. The molecular formula is C7H14FN. The molecule has 0 saturated heterocycles. The van der Waals surface area contributed by atoms with Crippen molar-refractivity contribution in [1.82, 2.24) is 0 Å². The molecule has 1 unspecified atom stereocenters. The van der Waals surface area contributed by atoms with E-state index in [1.54, 1.807) is 0 Å². The third kappa shape index (κ3) is 2.80. The Kier molecular flexibility index (Phi) is 2.46. The van der Waals surface area contributed by atoms with Crippen LogP contribution in [0.3, 0.4) is 0 Å². The predicted molar refractivity (Wildman–Crippen MR) is 35.9 cm³/mol. The van der Waals surface area contributed by atoms with Crippen molar-refractivity contribution in [3.63, 3.8) is 0 Å². The third-order valence-electron chi connectivity index (χ3n) is 1.77. The van der Waals surface area contributed by atoms with Gasteiger partial charge in [-0.1, -0.05) is 12.8 Å². The SMILES string of the molecule is NCCC(F)CC1CC1. The third-order valence-corrected chi connectivity index (χ3v) is 1.77. The van der Waals surface area contributed by atoms with Gasteiger partial charge in [-0.15, -0.1) is 0 Å². The van der Waals surface area contributed by atoms with Crippen LogP contribution >= 0.6 is 0 Å². The average Bonchev–Trinajstić information content (AvgIpc) is 2.50. The Hall–Kier alpha value is -0.110. The Balaban J connectivity index is 1.95. The van der Waals surface area contributed by atoms with Gasteiger partial charge in [-0.25, -0.2) is 4.39 Å². The minimum absolute atomic E-state index is 0.494. The van der Waals surface area contributed by atoms with Gasteiger partial charge in [0.25, 0.3) is 0 Å². The van der Waals surface area contributed by atoms with Gasteiger partial charge in [0.15, 0.2) is 0 Å². The second-order valence-electron chi connectivity index (χ2n) is 2.85. The van der Waals surface area contributed by atoms with Gasteiger partial charge in [0.05, 0.1) is 0 Å². The Bertz CT molecular complexity index is 81.0. The van der Waals surface area contributed by atoms with Crippen molar-refractivity contribution in [3.8, 4) is 0 Å². The standard InChI is InChI=1S/C7H14FN/c8-7(3-4-9)5-6-1-2-6/h6-7H,1-5,9H2. The topological polar surface area (TPSA) is 26.0 Å². The largest absolute Gasteiger partial charge is 0.330 e. The molecule has 1 fully saturated rings. The van der Waals surface area contributed by atoms with E-state index in [4.69, 9.17) is 5.73 Å². The summed E-state index contributed by atoms with van der Waals surface area (Å²) in [5.74, 6) is 0.701. The molecule has 0 aromatic heterocycles. The molecule has 1 saturated carbocycles. The minimum Gasteiger partial charge on any atom is -0.330 e. The fourth-order valence-electron chi connectivity index (χ4n) is 1.01. The first kappa shape index (κ1) is 7.00. The number of halogens is 1. The van der Waals surface area contributed by atoms with E-state index in [-0.39, 0.29) is 0 Å². The van der Waals surface area contributed by atoms with Gasteiger partial charge in [-0.2, -0.15) is 0 Å². The lowest BCUT2D eigenvalue weighted by Gasteiger charge is -2.02. The summed E-state index contributed by atoms with van der Waals surface area (Å²) in [7, 11) is 0. The first-order valence-corrected chi connectivity index (χ1v) is 3.67. The van der Waals surface area contributed by atoms with E-state index in [0.29, 0.717) is 18.9 Å². The van der Waals surface area contributed by atoms with E-state index in [9.17, 15) is 4.39 Å². The molecule has 1 rings (SSSR count). The first-order chi connectivity index (χ1) is 4.33. The van der Waals surface area contributed by atoms with Gasteiger partial charge in [0, 0.05) is 0 Å². The van der Waals surface area contributed by atoms with Crippen molar-refractivity contribution < 1.29 is 4.39 Å². The maximum absolute atomic E-state index is 12.6. The van der Waals surface area contributed by atoms with Crippen LogP contribution in [0.5, 0.6) is 0 Å². The number of rotatable bonds is 4. The van der Waals surface area contributed by atoms with E-state index in [1.165, 1.54) is 12.8 Å². The molecule has 1 aliphatic rings. The molecular weight excluding hydrogens is 117 g/mol. The molecule has 0 aromatic rings. The summed E-state index contributed by atoms with van der Waals surface area (Å²) >= 11 is 0. The van der Waals surface area contributed by atoms with Crippen molar-refractivity contribution in [1.29, 1.82) is 0 Å². The molecule has 1 aliphatic carbocycles. The van der Waals surface area contributed by atoms with Gasteiger partial charge in [0.1, 0.15) is 6.17 Å². The molecule has 54 valence electrons. The Labute approximate surface area is 55.4 Å². The molecule has 1 atom stereocenters. The zero-order valence-electron chi connectivity index (χ0n) is 5.65. The van der Waals surface area contributed by atoms with Gasteiger partial charge in [-0.3, -0.25) is 0 Å². The lowest BCUT2D eigenvalue weighted by molar-refractivity contribution is 0.288. The maximum atomic E-state index is 12.6. The first-order valence-electron chi connectivity index (χ1n) is 3.67. The molecule has 2 N–H and O–H groups in total. The van der Waals surface area contributed by atoms with Crippen LogP contribution < -0.4 is 5.73 Å². The van der Waals surface area contributed by atoms with E-state index < -0.39 is 6.17 Å². The van der Waals surface area contributed by atoms with Crippen LogP contribution in [0.25, 0.3) is 0 Å². The van der Waals surface area contributed by atoms with Gasteiger partial charge < -0.3 is 5.73 Å². The summed E-state index contributed by atoms with van der Waals surface area (Å²) in [5.41, 5.74) is 5.19. The summed E-state index contributed by atoms with van der Waals surface area (Å²) < 4.78 is 12.6. The highest BCUT2D eigenvalue weighted by Crippen LogP contribution is 2.34. The van der Waals surface area contributed by atoms with E-state index in [1.807, 2.05) is 0 Å². The number of hydrogen-bond acceptors (Lipinski definition) is 1. The summed E-state index contributed by atoms with van der Waals surface area (Å²) in [6.07, 6.45) is 3.17. The fourth-order valence-corrected chi connectivity index (χ4v) is 1.01. The van der Waals surface area contributed by atoms with Crippen molar-refractivity contribution in [2.24, 2.45) is 11.7 Å². The van der Waals surface area contributed by atoms with E-state index in [2.05, 4.69) is 0 Å². The van der Waals surface area contributed by atoms with Crippen molar-refractivity contribution in [2.45, 2.75) is 31.9 Å². The highest BCUT2D eigenvalue weighted by Gasteiger charge is 2.24. The van der Waals surface area contributed by atoms with Crippen LogP contribution in [-0.4, -0.2) is 12.7 Å². The normalized spacial score (nSPS) is 22.0. The van der Waals surface area contributed by atoms with Crippen LogP contribution in [0.4, 0.5) is 4.39 Å². The average molecular weight is 131 g/mol. The zero-order valence-corrected chi connectivity index (χ0v) is 5.65. The highest BCUT2D eigenvalue weighted by atomic mass is 19.1. The Morgan fingerprint density at radius 1 is 1.56 bits per heavy atom. The van der Waals surface area contributed by atoms with Gasteiger partial charge in [0.2, 0.25) is 0 Å². The van der Waals surface area contributed by atoms with E-state index in [0.717, 1.165) is 6.42 Å². The highest BCUT2D eigenvalue weighted by molar-refractivity contribution is 4.76. The van der Waals surface area contributed by atoms with Crippen LogP contribution in [0.2, 0.25) is 0 Å². The zero-order chi connectivity index (χ0) is 6.69. The molecule has 0 heterocycles. The molecule has 0 radical (unpaired) electrons. The Morgan fingerprint density at radius 3 is 2.67 bits per heavy atom. The molecule has 0 amide bonds. The lowest BCUT2D eigenvalue weighted by Crippen LogP contribution is -2.09. The Morgan fingerprint density at radius 2 is 2.22 bits per heavy atom. The van der Waals surface area contributed by atoms with Gasteiger partial charge >= 0.3 is 0 Å². The monoisotopic (exact) mass is 131 g/mol. The minimum atomic E-state index is -0.623. The van der Waals surface area contributed by atoms with Crippen molar-refractivity contribution >= 4 is 0 Å². The van der Waals surface area contributed by atoms with Crippen LogP contribution in [0, 0.1) is 5.92 Å². The number of alkyl halides is 1. The molecule has 0 spiro atoms. The summed E-state index contributed by atoms with van der Waals surface area (Å²) in [6.45, 7) is 0.494. The lowest BCUT2D eigenvalue weighted by atomic mass is 10.1. The fraction of sp³-hybridized carbons (Fsp3) is 1.00.